The molecule has 29 heavy (non-hydrogen) atoms. The van der Waals surface area contributed by atoms with Crippen LogP contribution in [0.3, 0.4) is 0 Å². The highest BCUT2D eigenvalue weighted by Crippen LogP contribution is 2.17. The van der Waals surface area contributed by atoms with E-state index in [1.165, 1.54) is 66.7 Å². The Morgan fingerprint density at radius 3 is 2.24 bits per heavy atom. The molecule has 0 atom stereocenters. The van der Waals surface area contributed by atoms with Gasteiger partial charge in [-0.1, -0.05) is 18.2 Å². The zero-order valence-corrected chi connectivity index (χ0v) is 14.9. The topological polar surface area (TPSA) is 86.5 Å². The number of benzene rings is 3. The number of non-ortho nitro benzene ring substituents is 1. The summed E-state index contributed by atoms with van der Waals surface area (Å²) in [7, 11) is 0. The highest BCUT2D eigenvalue weighted by atomic mass is 19.1. The van der Waals surface area contributed by atoms with Gasteiger partial charge in [0.2, 0.25) is 0 Å². The first kappa shape index (κ1) is 19.6. The molecule has 3 aromatic carbocycles. The molecule has 0 N–H and O–H groups in total. The third kappa shape index (κ3) is 5.20. The number of rotatable bonds is 6. The Hall–Kier alpha value is -4.13. The van der Waals surface area contributed by atoms with Crippen molar-refractivity contribution in [3.05, 3.63) is 111 Å². The van der Waals surface area contributed by atoms with Crippen LogP contribution in [0.4, 0.5) is 10.1 Å². The lowest BCUT2D eigenvalue weighted by Gasteiger charge is -2.05. The van der Waals surface area contributed by atoms with E-state index < -0.39 is 16.7 Å². The molecule has 0 saturated heterocycles. The van der Waals surface area contributed by atoms with Crippen molar-refractivity contribution < 1.29 is 23.6 Å². The van der Waals surface area contributed by atoms with Gasteiger partial charge in [0.15, 0.2) is 5.78 Å². The second kappa shape index (κ2) is 8.71. The normalized spacial score (nSPS) is 10.7. The van der Waals surface area contributed by atoms with Crippen LogP contribution in [-0.2, 0) is 0 Å². The van der Waals surface area contributed by atoms with Crippen molar-refractivity contribution in [3.8, 4) is 5.75 Å². The molecule has 0 fully saturated rings. The monoisotopic (exact) mass is 391 g/mol. The van der Waals surface area contributed by atoms with Crippen LogP contribution in [0.25, 0.3) is 6.08 Å². The van der Waals surface area contributed by atoms with Crippen molar-refractivity contribution in [2.24, 2.45) is 0 Å². The van der Waals surface area contributed by atoms with E-state index in [1.54, 1.807) is 6.07 Å². The molecular weight excluding hydrogens is 377 g/mol. The zero-order valence-electron chi connectivity index (χ0n) is 14.9. The number of halogens is 1. The van der Waals surface area contributed by atoms with Gasteiger partial charge in [0.05, 0.1) is 10.5 Å². The highest BCUT2D eigenvalue weighted by Gasteiger charge is 2.10. The van der Waals surface area contributed by atoms with Gasteiger partial charge in [-0.15, -0.1) is 0 Å². The minimum absolute atomic E-state index is 0.0630. The third-order valence-corrected chi connectivity index (χ3v) is 3.94. The molecule has 3 rings (SSSR count). The average molecular weight is 391 g/mol. The number of ether oxygens (including phenoxy) is 1. The van der Waals surface area contributed by atoms with E-state index in [1.807, 2.05) is 0 Å². The molecule has 6 nitrogen and oxygen atoms in total. The number of ketones is 1. The molecular formula is C22H14FNO5. The Bertz CT molecular complexity index is 1090. The Morgan fingerprint density at radius 1 is 0.931 bits per heavy atom. The van der Waals surface area contributed by atoms with Gasteiger partial charge in [0.1, 0.15) is 11.6 Å². The predicted molar refractivity (Wildman–Crippen MR) is 104 cm³/mol. The van der Waals surface area contributed by atoms with Crippen LogP contribution in [0.15, 0.2) is 78.9 Å². The maximum atomic E-state index is 12.9. The van der Waals surface area contributed by atoms with Crippen molar-refractivity contribution in [1.82, 2.24) is 0 Å². The summed E-state index contributed by atoms with van der Waals surface area (Å²) in [5.41, 5.74) is 1.02. The first-order valence-corrected chi connectivity index (χ1v) is 8.47. The first-order chi connectivity index (χ1) is 13.9. The number of nitrogens with zero attached hydrogens (tertiary/aromatic N) is 1. The van der Waals surface area contributed by atoms with Crippen LogP contribution >= 0.6 is 0 Å². The molecule has 0 spiro atoms. The number of hydrogen-bond donors (Lipinski definition) is 0. The van der Waals surface area contributed by atoms with E-state index in [0.717, 1.165) is 12.1 Å². The number of nitro groups is 1. The smallest absolute Gasteiger partial charge is 0.343 e. The number of allylic oxidation sites excluding steroid dienone is 1. The summed E-state index contributed by atoms with van der Waals surface area (Å²) in [6, 6.07) is 16.8. The number of esters is 1. The average Bonchev–Trinajstić information content (AvgIpc) is 2.73. The van der Waals surface area contributed by atoms with E-state index in [2.05, 4.69) is 0 Å². The minimum atomic E-state index is -0.644. The van der Waals surface area contributed by atoms with Gasteiger partial charge >= 0.3 is 5.97 Å². The molecule has 0 radical (unpaired) electrons. The molecule has 0 heterocycles. The van der Waals surface area contributed by atoms with Crippen LogP contribution in [0.2, 0.25) is 0 Å². The lowest BCUT2D eigenvalue weighted by atomic mass is 10.1. The molecule has 0 aromatic heterocycles. The van der Waals surface area contributed by atoms with Crippen LogP contribution < -0.4 is 4.74 Å². The molecule has 0 aliphatic heterocycles. The summed E-state index contributed by atoms with van der Waals surface area (Å²) in [6.45, 7) is 0. The van der Waals surface area contributed by atoms with Crippen molar-refractivity contribution >= 4 is 23.5 Å². The second-order valence-corrected chi connectivity index (χ2v) is 5.97. The molecule has 0 unspecified atom stereocenters. The van der Waals surface area contributed by atoms with Gasteiger partial charge in [0, 0.05) is 17.7 Å². The predicted octanol–water partition coefficient (Wildman–Crippen LogP) is 4.85. The van der Waals surface area contributed by atoms with Crippen LogP contribution in [0.1, 0.15) is 26.3 Å². The largest absolute Gasteiger partial charge is 0.423 e. The lowest BCUT2D eigenvalue weighted by molar-refractivity contribution is -0.384. The summed E-state index contributed by atoms with van der Waals surface area (Å²) in [6.07, 6.45) is 2.79. The van der Waals surface area contributed by atoms with E-state index in [0.29, 0.717) is 11.1 Å². The molecule has 0 aliphatic carbocycles. The van der Waals surface area contributed by atoms with Gasteiger partial charge in [0.25, 0.3) is 5.69 Å². The maximum Gasteiger partial charge on any atom is 0.343 e. The molecule has 0 amide bonds. The standard InChI is InChI=1S/C22H14FNO5/c23-18-9-5-17(6-10-18)22(26)29-20-11-7-16(8-12-20)21(25)13-4-15-2-1-3-19(14-15)24(27)28/h1-14H/b13-4+. The fourth-order valence-corrected chi connectivity index (χ4v) is 2.45. The van der Waals surface area contributed by atoms with E-state index in [4.69, 9.17) is 4.74 Å². The molecule has 0 bridgehead atoms. The van der Waals surface area contributed by atoms with Gasteiger partial charge < -0.3 is 4.74 Å². The van der Waals surface area contributed by atoms with E-state index >= 15 is 0 Å². The Labute approximate surface area is 165 Å². The molecule has 0 aliphatic rings. The fourth-order valence-electron chi connectivity index (χ4n) is 2.45. The summed E-state index contributed by atoms with van der Waals surface area (Å²) in [5, 5.41) is 10.8. The van der Waals surface area contributed by atoms with Gasteiger partial charge in [-0.3, -0.25) is 14.9 Å². The van der Waals surface area contributed by atoms with Gasteiger partial charge in [-0.2, -0.15) is 0 Å². The highest BCUT2D eigenvalue weighted by molar-refractivity contribution is 6.06. The molecule has 144 valence electrons. The van der Waals surface area contributed by atoms with Gasteiger partial charge in [-0.05, 0) is 60.2 Å². The number of carbonyl (C=O) groups excluding carboxylic acids is 2. The second-order valence-electron chi connectivity index (χ2n) is 5.97. The third-order valence-electron chi connectivity index (χ3n) is 3.94. The maximum absolute atomic E-state index is 12.9. The SMILES string of the molecule is O=C(/C=C/c1cccc([N+](=O)[O-])c1)c1ccc(OC(=O)c2ccc(F)cc2)cc1. The zero-order chi connectivity index (χ0) is 20.8. The Balaban J connectivity index is 1.65. The van der Waals surface area contributed by atoms with Crippen LogP contribution in [-0.4, -0.2) is 16.7 Å². The summed E-state index contributed by atoms with van der Waals surface area (Å²) < 4.78 is 18.1. The minimum Gasteiger partial charge on any atom is -0.423 e. The number of carbonyl (C=O) groups is 2. The lowest BCUT2D eigenvalue weighted by Crippen LogP contribution is -2.08. The number of hydrogen-bond acceptors (Lipinski definition) is 5. The molecule has 0 saturated carbocycles. The first-order valence-electron chi connectivity index (χ1n) is 8.47. The summed E-state index contributed by atoms with van der Waals surface area (Å²) in [5.74, 6) is -1.18. The van der Waals surface area contributed by atoms with Crippen molar-refractivity contribution in [1.29, 1.82) is 0 Å². The van der Waals surface area contributed by atoms with E-state index in [9.17, 15) is 24.1 Å². The summed E-state index contributed by atoms with van der Waals surface area (Å²) >= 11 is 0. The van der Waals surface area contributed by atoms with Crippen LogP contribution in [0.5, 0.6) is 5.75 Å². The molecule has 7 heteroatoms. The molecule has 3 aromatic rings. The quantitative estimate of drug-likeness (QED) is 0.150. The summed E-state index contributed by atoms with van der Waals surface area (Å²) in [4.78, 5) is 34.5. The fraction of sp³-hybridized carbons (Fsp3) is 0. The Kier molecular flexibility index (Phi) is 5.89. The van der Waals surface area contributed by atoms with E-state index in [-0.39, 0.29) is 22.8 Å². The van der Waals surface area contributed by atoms with Crippen molar-refractivity contribution in [2.75, 3.05) is 0 Å². The Morgan fingerprint density at radius 2 is 1.59 bits per heavy atom. The van der Waals surface area contributed by atoms with Crippen LogP contribution in [0, 0.1) is 15.9 Å². The number of nitro benzene ring substituents is 1. The van der Waals surface area contributed by atoms with Gasteiger partial charge in [-0.25, -0.2) is 9.18 Å². The van der Waals surface area contributed by atoms with Crippen molar-refractivity contribution in [2.45, 2.75) is 0 Å². The van der Waals surface area contributed by atoms with Crippen molar-refractivity contribution in [3.63, 3.8) is 0 Å².